The second kappa shape index (κ2) is 4.97. The van der Waals surface area contributed by atoms with Crippen LogP contribution in [0.2, 0.25) is 0 Å². The van der Waals surface area contributed by atoms with Crippen molar-refractivity contribution in [3.8, 4) is 17.0 Å². The maximum atomic E-state index is 5.60. The molecule has 2 N–H and O–H groups in total. The summed E-state index contributed by atoms with van der Waals surface area (Å²) in [5.74, 6) is 0.837. The smallest absolute Gasteiger partial charge is 0.128 e. The van der Waals surface area contributed by atoms with E-state index in [1.807, 2.05) is 37.4 Å². The highest BCUT2D eigenvalue weighted by molar-refractivity contribution is 5.69. The highest BCUT2D eigenvalue weighted by Crippen LogP contribution is 2.30. The van der Waals surface area contributed by atoms with Crippen LogP contribution < -0.4 is 10.5 Å². The molecule has 0 spiro atoms. The van der Waals surface area contributed by atoms with Crippen LogP contribution in [0.5, 0.6) is 5.75 Å². The molecule has 0 unspecified atom stereocenters. The van der Waals surface area contributed by atoms with E-state index in [1.54, 1.807) is 7.11 Å². The van der Waals surface area contributed by atoms with Crippen LogP contribution in [-0.2, 0) is 6.54 Å². The van der Waals surface area contributed by atoms with Crippen LogP contribution in [0, 0.1) is 6.92 Å². The van der Waals surface area contributed by atoms with Crippen molar-refractivity contribution in [2.45, 2.75) is 13.5 Å². The third-order valence-electron chi connectivity index (χ3n) is 2.73. The Kier molecular flexibility index (Phi) is 3.40. The summed E-state index contributed by atoms with van der Waals surface area (Å²) in [4.78, 5) is 4.47. The molecule has 0 saturated heterocycles. The number of methoxy groups -OCH3 is 1. The average Bonchev–Trinajstić information content (AvgIpc) is 2.38. The van der Waals surface area contributed by atoms with Crippen LogP contribution in [0.25, 0.3) is 11.3 Å². The van der Waals surface area contributed by atoms with Gasteiger partial charge in [-0.05, 0) is 30.2 Å². The van der Waals surface area contributed by atoms with Gasteiger partial charge in [-0.25, -0.2) is 0 Å². The first-order chi connectivity index (χ1) is 8.26. The fraction of sp³-hybridized carbons (Fsp3) is 0.214. The van der Waals surface area contributed by atoms with E-state index in [2.05, 4.69) is 11.1 Å². The van der Waals surface area contributed by atoms with Crippen molar-refractivity contribution in [2.75, 3.05) is 7.11 Å². The minimum Gasteiger partial charge on any atom is -0.496 e. The molecule has 0 atom stereocenters. The highest BCUT2D eigenvalue weighted by atomic mass is 16.5. The first-order valence-electron chi connectivity index (χ1n) is 5.55. The molecule has 17 heavy (non-hydrogen) atoms. The van der Waals surface area contributed by atoms with Crippen LogP contribution in [0.3, 0.4) is 0 Å². The van der Waals surface area contributed by atoms with Gasteiger partial charge >= 0.3 is 0 Å². The summed E-state index contributed by atoms with van der Waals surface area (Å²) in [7, 11) is 1.67. The third kappa shape index (κ3) is 2.29. The van der Waals surface area contributed by atoms with Crippen molar-refractivity contribution in [1.82, 2.24) is 4.98 Å². The Labute approximate surface area is 101 Å². The Morgan fingerprint density at radius 3 is 2.71 bits per heavy atom. The molecule has 0 bridgehead atoms. The Hall–Kier alpha value is -1.87. The van der Waals surface area contributed by atoms with Gasteiger partial charge < -0.3 is 10.5 Å². The second-order valence-corrected chi connectivity index (χ2v) is 3.91. The van der Waals surface area contributed by atoms with Gasteiger partial charge in [0, 0.05) is 18.3 Å². The Balaban J connectivity index is 2.53. The molecule has 88 valence electrons. The molecule has 3 heteroatoms. The van der Waals surface area contributed by atoms with Crippen molar-refractivity contribution in [3.05, 3.63) is 47.7 Å². The summed E-state index contributed by atoms with van der Waals surface area (Å²) in [6, 6.07) is 9.94. The number of rotatable bonds is 3. The van der Waals surface area contributed by atoms with Gasteiger partial charge in [-0.1, -0.05) is 18.2 Å². The zero-order valence-electron chi connectivity index (χ0n) is 10.1. The monoisotopic (exact) mass is 228 g/mol. The molecule has 1 heterocycles. The van der Waals surface area contributed by atoms with Crippen molar-refractivity contribution >= 4 is 0 Å². The summed E-state index contributed by atoms with van der Waals surface area (Å²) in [6.07, 6.45) is 1.81. The quantitative estimate of drug-likeness (QED) is 0.878. The van der Waals surface area contributed by atoms with Crippen LogP contribution in [0.4, 0.5) is 0 Å². The van der Waals surface area contributed by atoms with Gasteiger partial charge in [0.2, 0.25) is 0 Å². The summed E-state index contributed by atoms with van der Waals surface area (Å²) in [5, 5.41) is 0. The molecule has 0 fully saturated rings. The van der Waals surface area contributed by atoms with Crippen LogP contribution in [0.1, 0.15) is 11.1 Å². The van der Waals surface area contributed by atoms with Crippen LogP contribution in [0.15, 0.2) is 36.5 Å². The SMILES string of the molecule is COc1ccccc1-c1ncc(CN)cc1C. The fourth-order valence-electron chi connectivity index (χ4n) is 1.87. The molecule has 1 aromatic heterocycles. The summed E-state index contributed by atoms with van der Waals surface area (Å²) >= 11 is 0. The number of hydrogen-bond donors (Lipinski definition) is 1. The number of hydrogen-bond acceptors (Lipinski definition) is 3. The van der Waals surface area contributed by atoms with Crippen molar-refractivity contribution in [1.29, 1.82) is 0 Å². The van der Waals surface area contributed by atoms with Gasteiger partial charge in [0.05, 0.1) is 12.8 Å². The molecule has 1 aromatic carbocycles. The Morgan fingerprint density at radius 2 is 2.06 bits per heavy atom. The zero-order chi connectivity index (χ0) is 12.3. The van der Waals surface area contributed by atoms with E-state index in [-0.39, 0.29) is 0 Å². The van der Waals surface area contributed by atoms with E-state index in [1.165, 1.54) is 0 Å². The van der Waals surface area contributed by atoms with Crippen molar-refractivity contribution in [2.24, 2.45) is 5.73 Å². The zero-order valence-corrected chi connectivity index (χ0v) is 10.1. The van der Waals surface area contributed by atoms with Gasteiger partial charge in [-0.15, -0.1) is 0 Å². The molecule has 3 nitrogen and oxygen atoms in total. The maximum absolute atomic E-state index is 5.60. The van der Waals surface area contributed by atoms with Crippen LogP contribution in [-0.4, -0.2) is 12.1 Å². The lowest BCUT2D eigenvalue weighted by Crippen LogP contribution is -1.99. The first kappa shape index (κ1) is 11.6. The van der Waals surface area contributed by atoms with Gasteiger partial charge in [0.1, 0.15) is 5.75 Å². The number of nitrogens with two attached hydrogens (primary N) is 1. The lowest BCUT2D eigenvalue weighted by Gasteiger charge is -2.10. The number of ether oxygens (including phenoxy) is 1. The van der Waals surface area contributed by atoms with Gasteiger partial charge in [-0.3, -0.25) is 4.98 Å². The molecule has 0 aliphatic rings. The molecule has 0 aliphatic heterocycles. The lowest BCUT2D eigenvalue weighted by molar-refractivity contribution is 0.416. The molecule has 2 aromatic rings. The maximum Gasteiger partial charge on any atom is 0.128 e. The number of pyridine rings is 1. The predicted molar refractivity (Wildman–Crippen MR) is 68.9 cm³/mol. The van der Waals surface area contributed by atoms with E-state index in [9.17, 15) is 0 Å². The number of benzene rings is 1. The Morgan fingerprint density at radius 1 is 1.29 bits per heavy atom. The van der Waals surface area contributed by atoms with Crippen molar-refractivity contribution < 1.29 is 4.74 Å². The van der Waals surface area contributed by atoms with Crippen LogP contribution >= 0.6 is 0 Å². The highest BCUT2D eigenvalue weighted by Gasteiger charge is 2.09. The Bertz CT molecular complexity index is 523. The van der Waals surface area contributed by atoms with E-state index in [0.717, 1.165) is 28.1 Å². The largest absolute Gasteiger partial charge is 0.496 e. The van der Waals surface area contributed by atoms with E-state index in [4.69, 9.17) is 10.5 Å². The topological polar surface area (TPSA) is 48.1 Å². The van der Waals surface area contributed by atoms with Gasteiger partial charge in [0.25, 0.3) is 0 Å². The number of para-hydroxylation sites is 1. The number of aromatic nitrogens is 1. The van der Waals surface area contributed by atoms with Crippen molar-refractivity contribution in [3.63, 3.8) is 0 Å². The molecule has 0 aliphatic carbocycles. The summed E-state index contributed by atoms with van der Waals surface area (Å²) in [5.41, 5.74) is 9.70. The van der Waals surface area contributed by atoms with Gasteiger partial charge in [-0.2, -0.15) is 0 Å². The van der Waals surface area contributed by atoms with E-state index in [0.29, 0.717) is 6.54 Å². The van der Waals surface area contributed by atoms with E-state index < -0.39 is 0 Å². The van der Waals surface area contributed by atoms with Gasteiger partial charge in [0.15, 0.2) is 0 Å². The standard InChI is InChI=1S/C14H16N2O/c1-10-7-11(8-15)9-16-14(10)12-5-3-4-6-13(12)17-2/h3-7,9H,8,15H2,1-2H3. The summed E-state index contributed by atoms with van der Waals surface area (Å²) < 4.78 is 5.35. The number of nitrogens with zero attached hydrogens (tertiary/aromatic N) is 1. The minimum absolute atomic E-state index is 0.514. The van der Waals surface area contributed by atoms with E-state index >= 15 is 0 Å². The number of aryl methyl sites for hydroxylation is 1. The molecule has 0 saturated carbocycles. The normalized spacial score (nSPS) is 10.3. The molecule has 0 radical (unpaired) electrons. The molecule has 0 amide bonds. The molecular formula is C14H16N2O. The minimum atomic E-state index is 0.514. The second-order valence-electron chi connectivity index (χ2n) is 3.91. The molecular weight excluding hydrogens is 212 g/mol. The average molecular weight is 228 g/mol. The fourth-order valence-corrected chi connectivity index (χ4v) is 1.87. The summed E-state index contributed by atoms with van der Waals surface area (Å²) in [6.45, 7) is 2.55. The lowest BCUT2D eigenvalue weighted by atomic mass is 10.0. The molecule has 2 rings (SSSR count). The third-order valence-corrected chi connectivity index (χ3v) is 2.73. The predicted octanol–water partition coefficient (Wildman–Crippen LogP) is 2.52. The first-order valence-corrected chi connectivity index (χ1v) is 5.55.